The molecule has 0 spiro atoms. The second-order valence-corrected chi connectivity index (χ2v) is 8.30. The van der Waals surface area contributed by atoms with Crippen LogP contribution in [0.5, 0.6) is 11.5 Å². The molecule has 1 N–H and O–H groups in total. The zero-order valence-corrected chi connectivity index (χ0v) is 18.2. The minimum Gasteiger partial charge on any atom is -0.454 e. The van der Waals surface area contributed by atoms with Gasteiger partial charge in [0.25, 0.3) is 0 Å². The van der Waals surface area contributed by atoms with Crippen LogP contribution in [0.4, 0.5) is 10.5 Å². The highest BCUT2D eigenvalue weighted by atomic mass is 35.5. The molecule has 0 atom stereocenters. The number of fused-ring (bicyclic) bond motifs is 1. The number of aryl methyl sites for hydroxylation is 1. The molecular formula is C23H28ClN3O3. The van der Waals surface area contributed by atoms with Gasteiger partial charge in [-0.15, -0.1) is 0 Å². The van der Waals surface area contributed by atoms with Crippen LogP contribution in [0.3, 0.4) is 0 Å². The number of hydrogen-bond donors (Lipinski definition) is 1. The van der Waals surface area contributed by atoms with E-state index in [-0.39, 0.29) is 18.9 Å². The molecule has 2 amide bonds. The maximum Gasteiger partial charge on any atom is 0.322 e. The Morgan fingerprint density at radius 2 is 1.93 bits per heavy atom. The van der Waals surface area contributed by atoms with Crippen molar-refractivity contribution in [2.24, 2.45) is 0 Å². The summed E-state index contributed by atoms with van der Waals surface area (Å²) in [5, 5.41) is 3.57. The van der Waals surface area contributed by atoms with Crippen LogP contribution in [-0.4, -0.2) is 48.3 Å². The summed E-state index contributed by atoms with van der Waals surface area (Å²) in [6.07, 6.45) is 1.90. The summed E-state index contributed by atoms with van der Waals surface area (Å²) >= 11 is 6.36. The van der Waals surface area contributed by atoms with Gasteiger partial charge in [-0.3, -0.25) is 0 Å². The van der Waals surface area contributed by atoms with Gasteiger partial charge in [0.15, 0.2) is 11.5 Å². The van der Waals surface area contributed by atoms with Crippen molar-refractivity contribution < 1.29 is 14.3 Å². The molecule has 0 unspecified atom stereocenters. The Labute approximate surface area is 182 Å². The monoisotopic (exact) mass is 429 g/mol. The summed E-state index contributed by atoms with van der Waals surface area (Å²) in [6, 6.07) is 11.6. The highest BCUT2D eigenvalue weighted by Gasteiger charge is 2.28. The molecule has 6 nitrogen and oxygen atoms in total. The third-order valence-electron chi connectivity index (χ3n) is 5.86. The fourth-order valence-electron chi connectivity index (χ4n) is 4.06. The number of hydrogen-bond acceptors (Lipinski definition) is 4. The first-order chi connectivity index (χ1) is 14.5. The molecule has 0 aliphatic carbocycles. The normalized spacial score (nSPS) is 16.5. The van der Waals surface area contributed by atoms with Crippen LogP contribution in [-0.2, 0) is 6.54 Å². The quantitative estimate of drug-likeness (QED) is 0.734. The van der Waals surface area contributed by atoms with Crippen LogP contribution < -0.4 is 14.8 Å². The molecule has 4 rings (SSSR count). The van der Waals surface area contributed by atoms with Crippen LogP contribution in [0, 0.1) is 6.92 Å². The van der Waals surface area contributed by atoms with Crippen molar-refractivity contribution in [2.45, 2.75) is 39.3 Å². The van der Waals surface area contributed by atoms with Crippen LogP contribution in [0.25, 0.3) is 0 Å². The van der Waals surface area contributed by atoms with Crippen molar-refractivity contribution in [3.05, 3.63) is 52.5 Å². The summed E-state index contributed by atoms with van der Waals surface area (Å²) < 4.78 is 10.9. The van der Waals surface area contributed by atoms with Crippen LogP contribution >= 0.6 is 11.6 Å². The number of carbonyl (C=O) groups excluding carboxylic acids is 1. The summed E-state index contributed by atoms with van der Waals surface area (Å²) in [7, 11) is 0. The Bertz CT molecular complexity index is 913. The minimum absolute atomic E-state index is 0.131. The van der Waals surface area contributed by atoms with Gasteiger partial charge in [0.2, 0.25) is 6.79 Å². The Hall–Kier alpha value is -2.44. The number of likely N-dealkylation sites (tertiary alicyclic amines) is 1. The predicted molar refractivity (Wildman–Crippen MR) is 118 cm³/mol. The van der Waals surface area contributed by atoms with E-state index in [0.29, 0.717) is 17.3 Å². The molecule has 0 radical (unpaired) electrons. The fourth-order valence-corrected chi connectivity index (χ4v) is 4.34. The molecule has 2 aromatic carbocycles. The average molecular weight is 430 g/mol. The number of ether oxygens (including phenoxy) is 2. The molecule has 7 heteroatoms. The number of nitrogens with zero attached hydrogens (tertiary/aromatic N) is 2. The first kappa shape index (κ1) is 20.8. The number of nitrogens with one attached hydrogen (secondary N) is 1. The van der Waals surface area contributed by atoms with Gasteiger partial charge < -0.3 is 24.6 Å². The molecule has 160 valence electrons. The Morgan fingerprint density at radius 3 is 2.67 bits per heavy atom. The lowest BCUT2D eigenvalue weighted by Gasteiger charge is -2.38. The number of piperidine rings is 1. The average Bonchev–Trinajstić information content (AvgIpc) is 3.22. The van der Waals surface area contributed by atoms with Gasteiger partial charge in [0.1, 0.15) is 0 Å². The maximum atomic E-state index is 13.3. The predicted octanol–water partition coefficient (Wildman–Crippen LogP) is 4.90. The van der Waals surface area contributed by atoms with Gasteiger partial charge in [0, 0.05) is 25.7 Å². The molecule has 1 fully saturated rings. The molecule has 0 saturated carbocycles. The highest BCUT2D eigenvalue weighted by molar-refractivity contribution is 6.33. The van der Waals surface area contributed by atoms with Gasteiger partial charge in [0.05, 0.1) is 10.7 Å². The highest BCUT2D eigenvalue weighted by Crippen LogP contribution is 2.33. The molecular weight excluding hydrogens is 402 g/mol. The van der Waals surface area contributed by atoms with Crippen molar-refractivity contribution in [3.63, 3.8) is 0 Å². The van der Waals surface area contributed by atoms with Gasteiger partial charge in [-0.05, 0) is 61.7 Å². The first-order valence-corrected chi connectivity index (χ1v) is 10.9. The number of rotatable bonds is 5. The Balaban J connectivity index is 1.54. The Kier molecular flexibility index (Phi) is 6.35. The maximum absolute atomic E-state index is 13.3. The van der Waals surface area contributed by atoms with Gasteiger partial charge in [-0.2, -0.15) is 0 Å². The van der Waals surface area contributed by atoms with E-state index >= 15 is 0 Å². The number of halogens is 1. The molecule has 0 aromatic heterocycles. The third-order valence-corrected chi connectivity index (χ3v) is 6.17. The SMILES string of the molecule is CCN1CCC(N(Cc2ccc3c(c2)OCO3)C(=O)Nc2ccc(C)cc2Cl)CC1. The summed E-state index contributed by atoms with van der Waals surface area (Å²) in [6.45, 7) is 7.93. The van der Waals surface area contributed by atoms with E-state index in [1.165, 1.54) is 0 Å². The van der Waals surface area contributed by atoms with Crippen LogP contribution in [0.2, 0.25) is 5.02 Å². The molecule has 2 aromatic rings. The van der Waals surface area contributed by atoms with Crippen molar-refractivity contribution >= 4 is 23.3 Å². The van der Waals surface area contributed by atoms with E-state index in [1.807, 2.05) is 48.2 Å². The van der Waals surface area contributed by atoms with E-state index in [9.17, 15) is 4.79 Å². The second-order valence-electron chi connectivity index (χ2n) is 7.89. The van der Waals surface area contributed by atoms with Crippen molar-refractivity contribution in [1.82, 2.24) is 9.80 Å². The smallest absolute Gasteiger partial charge is 0.322 e. The van der Waals surface area contributed by atoms with E-state index in [1.54, 1.807) is 0 Å². The zero-order valence-electron chi connectivity index (χ0n) is 17.5. The molecule has 1 saturated heterocycles. The second kappa shape index (κ2) is 9.14. The third kappa shape index (κ3) is 4.65. The van der Waals surface area contributed by atoms with Crippen molar-refractivity contribution in [2.75, 3.05) is 31.7 Å². The number of carbonyl (C=O) groups is 1. The summed E-state index contributed by atoms with van der Waals surface area (Å²) in [4.78, 5) is 17.7. The van der Waals surface area contributed by atoms with E-state index in [2.05, 4.69) is 17.1 Å². The summed E-state index contributed by atoms with van der Waals surface area (Å²) in [5.74, 6) is 1.48. The molecule has 0 bridgehead atoms. The van der Waals surface area contributed by atoms with Gasteiger partial charge >= 0.3 is 6.03 Å². The molecule has 30 heavy (non-hydrogen) atoms. The minimum atomic E-state index is -0.131. The molecule has 2 aliphatic heterocycles. The topological polar surface area (TPSA) is 54.0 Å². The van der Waals surface area contributed by atoms with Gasteiger partial charge in [-0.25, -0.2) is 4.79 Å². The largest absolute Gasteiger partial charge is 0.454 e. The van der Waals surface area contributed by atoms with E-state index in [0.717, 1.165) is 55.1 Å². The van der Waals surface area contributed by atoms with E-state index in [4.69, 9.17) is 21.1 Å². The number of amides is 2. The molecule has 2 aliphatic rings. The standard InChI is InChI=1S/C23H28ClN3O3/c1-3-26-10-8-18(9-11-26)27(14-17-5-7-21-22(13-17)30-15-29-21)23(28)25-20-6-4-16(2)12-19(20)24/h4-7,12-13,18H,3,8-11,14-15H2,1-2H3,(H,25,28). The number of urea groups is 1. The first-order valence-electron chi connectivity index (χ1n) is 10.5. The lowest BCUT2D eigenvalue weighted by molar-refractivity contribution is 0.126. The molecule has 2 heterocycles. The van der Waals surface area contributed by atoms with E-state index < -0.39 is 0 Å². The lowest BCUT2D eigenvalue weighted by Crippen LogP contribution is -2.48. The van der Waals surface area contributed by atoms with Crippen LogP contribution in [0.1, 0.15) is 30.9 Å². The van der Waals surface area contributed by atoms with Crippen molar-refractivity contribution in [3.8, 4) is 11.5 Å². The number of benzene rings is 2. The Morgan fingerprint density at radius 1 is 1.17 bits per heavy atom. The van der Waals surface area contributed by atoms with Gasteiger partial charge in [-0.1, -0.05) is 30.7 Å². The lowest BCUT2D eigenvalue weighted by atomic mass is 10.0. The van der Waals surface area contributed by atoms with Crippen molar-refractivity contribution in [1.29, 1.82) is 0 Å². The fraction of sp³-hybridized carbons (Fsp3) is 0.435. The zero-order chi connectivity index (χ0) is 21.1. The van der Waals surface area contributed by atoms with Crippen LogP contribution in [0.15, 0.2) is 36.4 Å². The number of anilines is 1. The summed E-state index contributed by atoms with van der Waals surface area (Å²) in [5.41, 5.74) is 2.71.